The number of carbonyl (C=O) groups excluding carboxylic acids is 1. The van der Waals surface area contributed by atoms with E-state index in [1.165, 1.54) is 22.1 Å². The number of nitrogens with one attached hydrogen (secondary N) is 1. The predicted molar refractivity (Wildman–Crippen MR) is 145 cm³/mol. The SMILES string of the molecule is O=C(c1cc2nc(-c3ccccc3)cc(C(F)(F)F)n2n1)N1CC[NH+](C(c2ccccc2)c2ccccc2)CC1. The average molecular weight is 543 g/mol. The van der Waals surface area contributed by atoms with E-state index in [2.05, 4.69) is 34.3 Å². The van der Waals surface area contributed by atoms with E-state index in [1.54, 1.807) is 35.2 Å². The minimum atomic E-state index is -4.67. The molecule has 1 fully saturated rings. The van der Waals surface area contributed by atoms with Gasteiger partial charge in [-0.3, -0.25) is 4.79 Å². The van der Waals surface area contributed by atoms with Crippen molar-refractivity contribution in [1.29, 1.82) is 0 Å². The molecule has 0 saturated carbocycles. The highest BCUT2D eigenvalue weighted by Gasteiger charge is 2.37. The average Bonchev–Trinajstić information content (AvgIpc) is 3.42. The van der Waals surface area contributed by atoms with Gasteiger partial charge in [-0.25, -0.2) is 9.50 Å². The fourth-order valence-electron chi connectivity index (χ4n) is 5.44. The molecule has 0 spiro atoms. The molecule has 40 heavy (non-hydrogen) atoms. The van der Waals surface area contributed by atoms with Crippen molar-refractivity contribution in [3.63, 3.8) is 0 Å². The maximum absolute atomic E-state index is 14.0. The molecule has 6 rings (SSSR count). The summed E-state index contributed by atoms with van der Waals surface area (Å²) in [5.74, 6) is -0.394. The third kappa shape index (κ3) is 5.08. The first-order valence-electron chi connectivity index (χ1n) is 13.2. The van der Waals surface area contributed by atoms with Crippen LogP contribution < -0.4 is 4.90 Å². The molecule has 1 amide bonds. The van der Waals surface area contributed by atoms with E-state index in [1.807, 2.05) is 36.4 Å². The monoisotopic (exact) mass is 542 g/mol. The zero-order valence-electron chi connectivity index (χ0n) is 21.6. The molecular formula is C31H27F3N5O+. The third-order valence-corrected chi connectivity index (χ3v) is 7.37. The molecule has 1 N–H and O–H groups in total. The highest BCUT2D eigenvalue weighted by molar-refractivity contribution is 5.93. The number of amides is 1. The summed E-state index contributed by atoms with van der Waals surface area (Å²) in [6.45, 7) is 2.32. The van der Waals surface area contributed by atoms with Gasteiger partial charge in [0.2, 0.25) is 0 Å². The number of carbonyl (C=O) groups is 1. The second-order valence-electron chi connectivity index (χ2n) is 9.89. The largest absolute Gasteiger partial charge is 0.433 e. The Morgan fingerprint density at radius 3 is 1.90 bits per heavy atom. The van der Waals surface area contributed by atoms with Gasteiger partial charge in [0.25, 0.3) is 5.91 Å². The fraction of sp³-hybridized carbons (Fsp3) is 0.194. The van der Waals surface area contributed by atoms with Crippen LogP contribution in [0.5, 0.6) is 0 Å². The minimum Gasteiger partial charge on any atom is -0.326 e. The first-order chi connectivity index (χ1) is 19.4. The first kappa shape index (κ1) is 25.8. The summed E-state index contributed by atoms with van der Waals surface area (Å²) in [6.07, 6.45) is -4.67. The Labute approximate surface area is 229 Å². The van der Waals surface area contributed by atoms with Gasteiger partial charge in [0.1, 0.15) is 6.04 Å². The second-order valence-corrected chi connectivity index (χ2v) is 9.89. The van der Waals surface area contributed by atoms with E-state index in [0.717, 1.165) is 10.6 Å². The smallest absolute Gasteiger partial charge is 0.326 e. The molecule has 1 saturated heterocycles. The van der Waals surface area contributed by atoms with E-state index in [4.69, 9.17) is 0 Å². The standard InChI is InChI=1S/C31H26F3N5O/c32-31(33,34)27-20-25(22-10-4-1-5-11-22)35-28-21-26(36-39(27)28)30(40)38-18-16-37(17-19-38)29(23-12-6-2-7-13-23)24-14-8-3-9-15-24/h1-15,20-21,29H,16-19H2/p+1. The normalized spacial score (nSPS) is 14.7. The molecule has 3 heterocycles. The van der Waals surface area contributed by atoms with Crippen LogP contribution in [0.15, 0.2) is 103 Å². The molecule has 5 aromatic rings. The number of piperazine rings is 1. The lowest BCUT2D eigenvalue weighted by Gasteiger charge is -2.36. The topological polar surface area (TPSA) is 54.9 Å². The summed E-state index contributed by atoms with van der Waals surface area (Å²) >= 11 is 0. The lowest BCUT2D eigenvalue weighted by Crippen LogP contribution is -3.15. The van der Waals surface area contributed by atoms with Gasteiger partial charge >= 0.3 is 6.18 Å². The van der Waals surface area contributed by atoms with Gasteiger partial charge in [-0.05, 0) is 6.07 Å². The number of quaternary nitrogens is 1. The molecule has 3 aromatic carbocycles. The maximum atomic E-state index is 14.0. The molecule has 1 aliphatic rings. The molecule has 0 aliphatic carbocycles. The summed E-state index contributed by atoms with van der Waals surface area (Å²) in [5.41, 5.74) is 2.08. The van der Waals surface area contributed by atoms with Crippen LogP contribution in [0.3, 0.4) is 0 Å². The van der Waals surface area contributed by atoms with Crippen molar-refractivity contribution in [3.8, 4) is 11.3 Å². The van der Waals surface area contributed by atoms with Crippen LogP contribution in [0, 0.1) is 0 Å². The maximum Gasteiger partial charge on any atom is 0.433 e. The first-order valence-corrected chi connectivity index (χ1v) is 13.2. The summed E-state index contributed by atoms with van der Waals surface area (Å²) in [4.78, 5) is 20.8. The van der Waals surface area contributed by atoms with Crippen LogP contribution in [0.25, 0.3) is 16.9 Å². The quantitative estimate of drug-likeness (QED) is 0.355. The van der Waals surface area contributed by atoms with Gasteiger partial charge in [-0.15, -0.1) is 0 Å². The number of alkyl halides is 3. The van der Waals surface area contributed by atoms with E-state index in [0.29, 0.717) is 31.7 Å². The summed E-state index contributed by atoms with van der Waals surface area (Å²) < 4.78 is 42.7. The van der Waals surface area contributed by atoms with Crippen LogP contribution in [0.4, 0.5) is 13.2 Å². The lowest BCUT2D eigenvalue weighted by atomic mass is 9.96. The Morgan fingerprint density at radius 1 is 0.800 bits per heavy atom. The number of fused-ring (bicyclic) bond motifs is 1. The number of benzene rings is 3. The number of hydrogen-bond acceptors (Lipinski definition) is 3. The minimum absolute atomic E-state index is 0.0190. The zero-order chi connectivity index (χ0) is 27.7. The van der Waals surface area contributed by atoms with Crippen LogP contribution in [0.2, 0.25) is 0 Å². The molecule has 0 bridgehead atoms. The lowest BCUT2D eigenvalue weighted by molar-refractivity contribution is -0.929. The van der Waals surface area contributed by atoms with Gasteiger partial charge < -0.3 is 9.80 Å². The Morgan fingerprint density at radius 2 is 1.35 bits per heavy atom. The number of aromatic nitrogens is 3. The Hall–Kier alpha value is -4.50. The predicted octanol–water partition coefficient (Wildman–Crippen LogP) is 4.55. The molecular weight excluding hydrogens is 515 g/mol. The molecule has 0 radical (unpaired) electrons. The number of nitrogens with zero attached hydrogens (tertiary/aromatic N) is 4. The van der Waals surface area contributed by atoms with Crippen molar-refractivity contribution in [2.75, 3.05) is 26.2 Å². The van der Waals surface area contributed by atoms with Crippen LogP contribution in [-0.4, -0.2) is 51.6 Å². The Balaban J connectivity index is 1.26. The zero-order valence-corrected chi connectivity index (χ0v) is 21.6. The van der Waals surface area contributed by atoms with Gasteiger partial charge in [0.05, 0.1) is 31.9 Å². The van der Waals surface area contributed by atoms with E-state index in [9.17, 15) is 18.0 Å². The van der Waals surface area contributed by atoms with E-state index >= 15 is 0 Å². The van der Waals surface area contributed by atoms with Crippen molar-refractivity contribution >= 4 is 11.6 Å². The van der Waals surface area contributed by atoms with Crippen molar-refractivity contribution in [1.82, 2.24) is 19.5 Å². The van der Waals surface area contributed by atoms with Crippen LogP contribution >= 0.6 is 0 Å². The molecule has 6 nitrogen and oxygen atoms in total. The summed E-state index contributed by atoms with van der Waals surface area (Å²) in [6, 6.07) is 31.7. The van der Waals surface area contributed by atoms with E-state index in [-0.39, 0.29) is 23.1 Å². The number of rotatable bonds is 5. The molecule has 2 aromatic heterocycles. The van der Waals surface area contributed by atoms with Crippen molar-refractivity contribution in [3.05, 3.63) is 126 Å². The van der Waals surface area contributed by atoms with Crippen molar-refractivity contribution < 1.29 is 22.9 Å². The van der Waals surface area contributed by atoms with Gasteiger partial charge in [0.15, 0.2) is 17.0 Å². The molecule has 202 valence electrons. The van der Waals surface area contributed by atoms with Crippen LogP contribution in [-0.2, 0) is 6.18 Å². The highest BCUT2D eigenvalue weighted by Crippen LogP contribution is 2.32. The Kier molecular flexibility index (Phi) is 6.81. The van der Waals surface area contributed by atoms with Crippen molar-refractivity contribution in [2.24, 2.45) is 0 Å². The van der Waals surface area contributed by atoms with E-state index < -0.39 is 17.8 Å². The van der Waals surface area contributed by atoms with Crippen LogP contribution in [0.1, 0.15) is 33.4 Å². The molecule has 0 atom stereocenters. The molecule has 9 heteroatoms. The molecule has 0 unspecified atom stereocenters. The number of halogens is 3. The third-order valence-electron chi connectivity index (χ3n) is 7.37. The summed E-state index contributed by atoms with van der Waals surface area (Å²) in [5, 5.41) is 4.07. The van der Waals surface area contributed by atoms with Gasteiger partial charge in [0, 0.05) is 22.8 Å². The second kappa shape index (κ2) is 10.6. The summed E-state index contributed by atoms with van der Waals surface area (Å²) in [7, 11) is 0. The highest BCUT2D eigenvalue weighted by atomic mass is 19.4. The van der Waals surface area contributed by atoms with Gasteiger partial charge in [-0.2, -0.15) is 18.3 Å². The van der Waals surface area contributed by atoms with Gasteiger partial charge in [-0.1, -0.05) is 91.0 Å². The van der Waals surface area contributed by atoms with Crippen molar-refractivity contribution in [2.45, 2.75) is 12.2 Å². The fourth-order valence-corrected chi connectivity index (χ4v) is 5.44. The molecule has 1 aliphatic heterocycles. The number of hydrogen-bond donors (Lipinski definition) is 1. The Bertz CT molecular complexity index is 1570.